The predicted molar refractivity (Wildman–Crippen MR) is 35.2 cm³/mol. The van der Waals surface area contributed by atoms with E-state index in [2.05, 4.69) is 10.1 Å². The third-order valence-corrected chi connectivity index (χ3v) is 0.666. The molecular formula is C5H8ClNO2. The number of hydrogen-bond donors (Lipinski definition) is 1. The highest BCUT2D eigenvalue weighted by molar-refractivity contribution is 6.25. The second-order valence-corrected chi connectivity index (χ2v) is 1.41. The molecule has 0 spiro atoms. The minimum absolute atomic E-state index is 0.363. The minimum atomic E-state index is -0.491. The maximum atomic E-state index is 10.4. The van der Waals surface area contributed by atoms with Crippen molar-refractivity contribution in [3.8, 4) is 0 Å². The Morgan fingerprint density at radius 2 is 2.56 bits per heavy atom. The summed E-state index contributed by atoms with van der Waals surface area (Å²) in [6.45, 7) is 2.09. The first-order chi connectivity index (χ1) is 4.31. The van der Waals surface area contributed by atoms with Crippen LogP contribution in [0.1, 0.15) is 6.92 Å². The van der Waals surface area contributed by atoms with Crippen molar-refractivity contribution in [3.05, 3.63) is 11.7 Å². The fourth-order valence-electron chi connectivity index (χ4n) is 0.272. The van der Waals surface area contributed by atoms with E-state index in [1.807, 2.05) is 0 Å². The van der Waals surface area contributed by atoms with Gasteiger partial charge in [0.05, 0.1) is 6.61 Å². The molecule has 0 unspecified atom stereocenters. The van der Waals surface area contributed by atoms with E-state index in [4.69, 9.17) is 11.6 Å². The molecule has 0 aliphatic carbocycles. The number of ether oxygens (including phenoxy) is 1. The van der Waals surface area contributed by atoms with Crippen molar-refractivity contribution >= 4 is 17.7 Å². The first-order valence-corrected chi connectivity index (χ1v) is 2.93. The number of nitrogens with one attached hydrogen (secondary N) is 1. The molecular weight excluding hydrogens is 142 g/mol. The number of hydrogen-bond acceptors (Lipinski definition) is 2. The van der Waals surface area contributed by atoms with Crippen molar-refractivity contribution in [2.45, 2.75) is 6.92 Å². The lowest BCUT2D eigenvalue weighted by Gasteiger charge is -1.97. The largest absolute Gasteiger partial charge is 0.450 e. The minimum Gasteiger partial charge on any atom is -0.450 e. The topological polar surface area (TPSA) is 38.3 Å². The molecule has 0 radical (unpaired) electrons. The molecule has 0 fully saturated rings. The Kier molecular flexibility index (Phi) is 5.01. The molecule has 0 aliphatic heterocycles. The fourth-order valence-corrected chi connectivity index (χ4v) is 0.335. The number of rotatable bonds is 2. The number of carbonyl (C=O) groups excluding carboxylic acids is 1. The Bertz CT molecular complexity index is 114. The van der Waals surface area contributed by atoms with Crippen LogP contribution in [-0.2, 0) is 4.74 Å². The van der Waals surface area contributed by atoms with Gasteiger partial charge in [-0.2, -0.15) is 0 Å². The van der Waals surface area contributed by atoms with E-state index in [-0.39, 0.29) is 0 Å². The summed E-state index contributed by atoms with van der Waals surface area (Å²) in [5.74, 6) is 0. The molecule has 0 rings (SSSR count). The summed E-state index contributed by atoms with van der Waals surface area (Å²) >= 11 is 5.09. The van der Waals surface area contributed by atoms with Crippen LogP contribution in [0.4, 0.5) is 4.79 Å². The molecule has 0 saturated heterocycles. The normalized spacial score (nSPS) is 9.56. The van der Waals surface area contributed by atoms with Crippen LogP contribution in [0.5, 0.6) is 0 Å². The smallest absolute Gasteiger partial charge is 0.411 e. The van der Waals surface area contributed by atoms with Crippen molar-refractivity contribution in [2.75, 3.05) is 6.61 Å². The van der Waals surface area contributed by atoms with Crippen LogP contribution in [0.2, 0.25) is 0 Å². The Hall–Kier alpha value is -0.700. The summed E-state index contributed by atoms with van der Waals surface area (Å²) < 4.78 is 4.48. The highest BCUT2D eigenvalue weighted by Gasteiger charge is 1.92. The molecule has 0 aromatic rings. The Balaban J connectivity index is 3.27. The monoisotopic (exact) mass is 149 g/mol. The van der Waals surface area contributed by atoms with Gasteiger partial charge in [0.1, 0.15) is 0 Å². The third kappa shape index (κ3) is 5.17. The van der Waals surface area contributed by atoms with Crippen LogP contribution in [0.25, 0.3) is 0 Å². The highest BCUT2D eigenvalue weighted by Crippen LogP contribution is 1.77. The summed E-state index contributed by atoms with van der Waals surface area (Å²) in [7, 11) is 0. The van der Waals surface area contributed by atoms with E-state index < -0.39 is 6.09 Å². The zero-order valence-corrected chi connectivity index (χ0v) is 5.81. The van der Waals surface area contributed by atoms with E-state index in [0.29, 0.717) is 6.61 Å². The van der Waals surface area contributed by atoms with Crippen molar-refractivity contribution in [2.24, 2.45) is 0 Å². The van der Waals surface area contributed by atoms with Crippen molar-refractivity contribution in [1.29, 1.82) is 0 Å². The molecule has 1 amide bonds. The first-order valence-electron chi connectivity index (χ1n) is 2.49. The molecule has 4 heteroatoms. The molecule has 0 aliphatic rings. The number of amides is 1. The van der Waals surface area contributed by atoms with E-state index in [1.54, 1.807) is 6.92 Å². The van der Waals surface area contributed by atoms with Crippen molar-refractivity contribution < 1.29 is 9.53 Å². The van der Waals surface area contributed by atoms with Gasteiger partial charge in [0, 0.05) is 11.7 Å². The van der Waals surface area contributed by atoms with E-state index in [0.717, 1.165) is 0 Å². The van der Waals surface area contributed by atoms with Crippen LogP contribution in [0, 0.1) is 0 Å². The lowest BCUT2D eigenvalue weighted by atomic mass is 10.8. The van der Waals surface area contributed by atoms with Crippen LogP contribution in [-0.4, -0.2) is 12.7 Å². The van der Waals surface area contributed by atoms with Gasteiger partial charge < -0.3 is 4.74 Å². The average Bonchev–Trinajstić information content (AvgIpc) is 1.85. The highest BCUT2D eigenvalue weighted by atomic mass is 35.5. The number of halogens is 1. The van der Waals surface area contributed by atoms with Gasteiger partial charge in [0.15, 0.2) is 0 Å². The lowest BCUT2D eigenvalue weighted by molar-refractivity contribution is 0.156. The quantitative estimate of drug-likeness (QED) is 0.645. The predicted octanol–water partition coefficient (Wildman–Crippen LogP) is 1.44. The Labute approximate surface area is 58.6 Å². The number of carbonyl (C=O) groups is 1. The number of alkyl carbamates (subject to hydrolysis) is 1. The van der Waals surface area contributed by atoms with Gasteiger partial charge >= 0.3 is 6.09 Å². The van der Waals surface area contributed by atoms with Crippen LogP contribution >= 0.6 is 11.6 Å². The summed E-state index contributed by atoms with van der Waals surface area (Å²) in [6, 6.07) is 0. The van der Waals surface area contributed by atoms with Gasteiger partial charge in [-0.15, -0.1) is 0 Å². The van der Waals surface area contributed by atoms with Gasteiger partial charge in [0.2, 0.25) is 0 Å². The van der Waals surface area contributed by atoms with Crippen LogP contribution in [0.15, 0.2) is 11.7 Å². The molecule has 9 heavy (non-hydrogen) atoms. The molecule has 0 atom stereocenters. The fraction of sp³-hybridized carbons (Fsp3) is 0.400. The van der Waals surface area contributed by atoms with E-state index >= 15 is 0 Å². The molecule has 1 N–H and O–H groups in total. The zero-order valence-electron chi connectivity index (χ0n) is 5.06. The molecule has 0 aromatic carbocycles. The summed E-state index contributed by atoms with van der Waals surface area (Å²) in [5, 5.41) is 2.26. The van der Waals surface area contributed by atoms with E-state index in [9.17, 15) is 4.79 Å². The molecule has 3 nitrogen and oxygen atoms in total. The second-order valence-electron chi connectivity index (χ2n) is 1.16. The van der Waals surface area contributed by atoms with Gasteiger partial charge in [0.25, 0.3) is 0 Å². The molecule has 0 heterocycles. The molecule has 52 valence electrons. The third-order valence-electron chi connectivity index (χ3n) is 0.540. The standard InChI is InChI=1S/C5H8ClNO2/c1-2-9-5(8)7-4-3-6/h3-4H,2H2,1H3,(H,7,8). The van der Waals surface area contributed by atoms with Crippen molar-refractivity contribution in [1.82, 2.24) is 5.32 Å². The summed E-state index contributed by atoms with van der Waals surface area (Å²) in [5.41, 5.74) is 1.19. The van der Waals surface area contributed by atoms with Crippen LogP contribution < -0.4 is 5.32 Å². The average molecular weight is 150 g/mol. The maximum Gasteiger partial charge on any atom is 0.411 e. The maximum absolute atomic E-state index is 10.4. The summed E-state index contributed by atoms with van der Waals surface area (Å²) in [4.78, 5) is 10.4. The van der Waals surface area contributed by atoms with E-state index in [1.165, 1.54) is 11.7 Å². The Morgan fingerprint density at radius 1 is 1.89 bits per heavy atom. The zero-order chi connectivity index (χ0) is 7.11. The van der Waals surface area contributed by atoms with Gasteiger partial charge in [-0.3, -0.25) is 5.32 Å². The van der Waals surface area contributed by atoms with Crippen LogP contribution in [0.3, 0.4) is 0 Å². The second kappa shape index (κ2) is 5.44. The Morgan fingerprint density at radius 3 is 3.00 bits per heavy atom. The lowest BCUT2D eigenvalue weighted by Crippen LogP contribution is -2.17. The molecule has 0 bridgehead atoms. The summed E-state index contributed by atoms with van der Waals surface area (Å²) in [6.07, 6.45) is 0.800. The first kappa shape index (κ1) is 8.30. The van der Waals surface area contributed by atoms with Gasteiger partial charge in [-0.05, 0) is 6.92 Å². The van der Waals surface area contributed by atoms with Crippen molar-refractivity contribution in [3.63, 3.8) is 0 Å². The molecule has 0 saturated carbocycles. The van der Waals surface area contributed by atoms with Gasteiger partial charge in [-0.25, -0.2) is 4.79 Å². The molecule has 0 aromatic heterocycles. The van der Waals surface area contributed by atoms with Gasteiger partial charge in [-0.1, -0.05) is 11.6 Å². The SMILES string of the molecule is CCOC(=O)NC=CCl.